The summed E-state index contributed by atoms with van der Waals surface area (Å²) in [6, 6.07) is 23.8. The predicted molar refractivity (Wildman–Crippen MR) is 145 cm³/mol. The molecule has 0 unspecified atom stereocenters. The second-order valence-electron chi connectivity index (χ2n) is 8.46. The summed E-state index contributed by atoms with van der Waals surface area (Å²) < 4.78 is 68.0. The van der Waals surface area contributed by atoms with Crippen molar-refractivity contribution in [2.75, 3.05) is 19.8 Å². The van der Waals surface area contributed by atoms with E-state index >= 15 is 0 Å². The fourth-order valence-electron chi connectivity index (χ4n) is 3.58. The van der Waals surface area contributed by atoms with Crippen LogP contribution in [0.1, 0.15) is 13.3 Å². The summed E-state index contributed by atoms with van der Waals surface area (Å²) in [7, 11) is -7.39. The van der Waals surface area contributed by atoms with Crippen LogP contribution in [0.4, 0.5) is 0 Å². The van der Waals surface area contributed by atoms with Gasteiger partial charge in [-0.1, -0.05) is 6.92 Å². The lowest BCUT2D eigenvalue weighted by Crippen LogP contribution is -2.09. The third-order valence-electron chi connectivity index (χ3n) is 5.64. The summed E-state index contributed by atoms with van der Waals surface area (Å²) in [5.74, 6) is 1.56. The first-order valence-corrected chi connectivity index (χ1v) is 15.1. The molecule has 39 heavy (non-hydrogen) atoms. The van der Waals surface area contributed by atoms with E-state index in [0.29, 0.717) is 23.9 Å². The van der Waals surface area contributed by atoms with Gasteiger partial charge in [-0.15, -0.1) is 0 Å². The van der Waals surface area contributed by atoms with E-state index in [2.05, 4.69) is 0 Å². The fraction of sp³-hybridized carbons (Fsp3) is 0.172. The Morgan fingerprint density at radius 3 is 1.08 bits per heavy atom. The van der Waals surface area contributed by atoms with Crippen LogP contribution in [0.2, 0.25) is 0 Å². The molecule has 0 saturated carbocycles. The van der Waals surface area contributed by atoms with Gasteiger partial charge in [-0.2, -0.15) is 0 Å². The van der Waals surface area contributed by atoms with Crippen molar-refractivity contribution in [3.8, 4) is 23.0 Å². The van der Waals surface area contributed by atoms with Crippen molar-refractivity contribution in [3.05, 3.63) is 97.1 Å². The van der Waals surface area contributed by atoms with Gasteiger partial charge in [-0.25, -0.2) is 16.8 Å². The van der Waals surface area contributed by atoms with Crippen LogP contribution in [-0.4, -0.2) is 41.8 Å². The Morgan fingerprint density at radius 2 is 0.769 bits per heavy atom. The van der Waals surface area contributed by atoms with Gasteiger partial charge in [0, 0.05) is 0 Å². The first-order chi connectivity index (χ1) is 18.7. The molecule has 4 rings (SSSR count). The lowest BCUT2D eigenvalue weighted by molar-refractivity contribution is 0.217. The van der Waals surface area contributed by atoms with Crippen LogP contribution in [0.25, 0.3) is 0 Å². The van der Waals surface area contributed by atoms with E-state index in [9.17, 15) is 21.9 Å². The average Bonchev–Trinajstić information content (AvgIpc) is 2.95. The number of rotatable bonds is 12. The Labute approximate surface area is 228 Å². The zero-order valence-corrected chi connectivity index (χ0v) is 22.8. The lowest BCUT2D eigenvalue weighted by atomic mass is 10.3. The minimum Gasteiger partial charge on any atom is -0.508 e. The monoisotopic (exact) mass is 568 g/mol. The van der Waals surface area contributed by atoms with E-state index in [1.807, 2.05) is 6.92 Å². The molecule has 0 bridgehead atoms. The minimum atomic E-state index is -3.71. The summed E-state index contributed by atoms with van der Waals surface area (Å²) in [5, 5.41) is 9.37. The van der Waals surface area contributed by atoms with Crippen molar-refractivity contribution < 1.29 is 36.2 Å². The maximum atomic E-state index is 12.9. The van der Waals surface area contributed by atoms with Gasteiger partial charge in [-0.05, 0) is 103 Å². The first kappa shape index (κ1) is 28.0. The van der Waals surface area contributed by atoms with E-state index in [1.165, 1.54) is 60.7 Å². The largest absolute Gasteiger partial charge is 0.508 e. The van der Waals surface area contributed by atoms with Crippen molar-refractivity contribution in [1.82, 2.24) is 0 Å². The molecule has 0 heterocycles. The molecular weight excluding hydrogens is 540 g/mol. The fourth-order valence-corrected chi connectivity index (χ4v) is 6.10. The van der Waals surface area contributed by atoms with Gasteiger partial charge in [0.15, 0.2) is 0 Å². The van der Waals surface area contributed by atoms with Gasteiger partial charge in [0.1, 0.15) is 36.2 Å². The van der Waals surface area contributed by atoms with E-state index in [0.717, 1.165) is 6.42 Å². The maximum Gasteiger partial charge on any atom is 0.206 e. The quantitative estimate of drug-likeness (QED) is 0.229. The molecule has 0 fully saturated rings. The predicted octanol–water partition coefficient (Wildman–Crippen LogP) is 5.30. The van der Waals surface area contributed by atoms with Gasteiger partial charge in [0.25, 0.3) is 0 Å². The van der Waals surface area contributed by atoms with Gasteiger partial charge in [-0.3, -0.25) is 0 Å². The molecule has 0 aliphatic rings. The second-order valence-corrected chi connectivity index (χ2v) is 12.4. The molecule has 0 spiro atoms. The third kappa shape index (κ3) is 6.90. The summed E-state index contributed by atoms with van der Waals surface area (Å²) in [4.78, 5) is 0.509. The van der Waals surface area contributed by atoms with Crippen molar-refractivity contribution in [3.63, 3.8) is 0 Å². The number of hydrogen-bond donors (Lipinski definition) is 1. The van der Waals surface area contributed by atoms with Crippen LogP contribution in [0.5, 0.6) is 23.0 Å². The van der Waals surface area contributed by atoms with Crippen LogP contribution in [-0.2, 0) is 19.7 Å². The van der Waals surface area contributed by atoms with E-state index in [-0.39, 0.29) is 38.5 Å². The van der Waals surface area contributed by atoms with Gasteiger partial charge in [0.05, 0.1) is 26.2 Å². The van der Waals surface area contributed by atoms with E-state index in [4.69, 9.17) is 14.2 Å². The third-order valence-corrected chi connectivity index (χ3v) is 9.21. The number of ether oxygens (including phenoxy) is 3. The highest BCUT2D eigenvalue weighted by molar-refractivity contribution is 7.91. The average molecular weight is 569 g/mol. The van der Waals surface area contributed by atoms with Crippen LogP contribution < -0.4 is 14.2 Å². The van der Waals surface area contributed by atoms with Gasteiger partial charge in [0.2, 0.25) is 19.7 Å². The number of phenolic OH excluding ortho intramolecular Hbond substituents is 1. The van der Waals surface area contributed by atoms with Crippen LogP contribution in [0.3, 0.4) is 0 Å². The number of aromatic hydroxyl groups is 1. The second kappa shape index (κ2) is 12.2. The molecule has 0 aromatic heterocycles. The Balaban J connectivity index is 1.29. The van der Waals surface area contributed by atoms with Gasteiger partial charge >= 0.3 is 0 Å². The molecule has 1 N–H and O–H groups in total. The van der Waals surface area contributed by atoms with Crippen molar-refractivity contribution >= 4 is 19.7 Å². The zero-order valence-electron chi connectivity index (χ0n) is 21.2. The highest BCUT2D eigenvalue weighted by atomic mass is 32.2. The molecule has 0 atom stereocenters. The highest BCUT2D eigenvalue weighted by Gasteiger charge is 2.19. The molecule has 0 radical (unpaired) electrons. The molecule has 4 aromatic rings. The van der Waals surface area contributed by atoms with E-state index in [1.54, 1.807) is 36.4 Å². The molecular formula is C29H28O8S2. The molecule has 8 nitrogen and oxygen atoms in total. The molecule has 10 heteroatoms. The summed E-state index contributed by atoms with van der Waals surface area (Å²) >= 11 is 0. The summed E-state index contributed by atoms with van der Waals surface area (Å²) in [5.41, 5.74) is 0. The smallest absolute Gasteiger partial charge is 0.206 e. The van der Waals surface area contributed by atoms with Crippen molar-refractivity contribution in [2.45, 2.75) is 32.9 Å². The molecule has 4 aromatic carbocycles. The Kier molecular flexibility index (Phi) is 8.78. The van der Waals surface area contributed by atoms with E-state index < -0.39 is 19.7 Å². The van der Waals surface area contributed by atoms with Crippen LogP contribution in [0, 0.1) is 0 Å². The SMILES string of the molecule is CCCOc1ccc(S(=O)(=O)c2ccc(OCCOc3ccc(S(=O)(=O)c4ccc(O)cc4)cc3)cc2)cc1. The Bertz CT molecular complexity index is 1580. The van der Waals surface area contributed by atoms with Crippen molar-refractivity contribution in [1.29, 1.82) is 0 Å². The Hall–Kier alpha value is -4.02. The number of hydrogen-bond acceptors (Lipinski definition) is 8. The topological polar surface area (TPSA) is 116 Å². The standard InChI is InChI=1S/C29H28O8S2/c1-2-19-35-23-5-13-28(14-6-23)39(33,34)29-17-9-25(10-18-29)37-21-20-36-24-7-15-27(16-8-24)38(31,32)26-11-3-22(30)4-12-26/h3-18,30H,2,19-21H2,1H3. The minimum absolute atomic E-state index is 0.0138. The molecule has 0 saturated heterocycles. The Morgan fingerprint density at radius 1 is 0.487 bits per heavy atom. The maximum absolute atomic E-state index is 12.9. The van der Waals surface area contributed by atoms with Gasteiger partial charge < -0.3 is 19.3 Å². The first-order valence-electron chi connectivity index (χ1n) is 12.2. The normalized spacial score (nSPS) is 11.6. The summed E-state index contributed by atoms with van der Waals surface area (Å²) in [6.07, 6.45) is 0.864. The number of benzene rings is 4. The number of sulfone groups is 2. The zero-order chi connectivity index (χ0) is 27.9. The number of phenols is 1. The van der Waals surface area contributed by atoms with Crippen LogP contribution >= 0.6 is 0 Å². The van der Waals surface area contributed by atoms with Crippen molar-refractivity contribution in [2.24, 2.45) is 0 Å². The summed E-state index contributed by atoms with van der Waals surface area (Å²) in [6.45, 7) is 2.95. The molecule has 0 aliphatic heterocycles. The lowest BCUT2D eigenvalue weighted by Gasteiger charge is -2.10. The molecule has 204 valence electrons. The molecule has 0 amide bonds. The van der Waals surface area contributed by atoms with Crippen LogP contribution in [0.15, 0.2) is 117 Å². The molecule has 0 aliphatic carbocycles. The highest BCUT2D eigenvalue weighted by Crippen LogP contribution is 2.26.